The number of hydrogen-bond acceptors (Lipinski definition) is 4. The third-order valence-electron chi connectivity index (χ3n) is 6.27. The zero-order valence-electron chi connectivity index (χ0n) is 18.5. The van der Waals surface area contributed by atoms with Gasteiger partial charge in [-0.1, -0.05) is 31.2 Å². The Labute approximate surface area is 186 Å². The number of benzene rings is 2. The van der Waals surface area contributed by atoms with Gasteiger partial charge in [0.05, 0.1) is 11.2 Å². The number of piperazine rings is 1. The maximum Gasteiger partial charge on any atom is 0.341 e. The van der Waals surface area contributed by atoms with Gasteiger partial charge in [0, 0.05) is 50.9 Å². The van der Waals surface area contributed by atoms with E-state index < -0.39 is 17.2 Å². The van der Waals surface area contributed by atoms with Gasteiger partial charge in [-0.3, -0.25) is 9.69 Å². The number of carboxylic acid groups (broad SMARTS) is 1. The summed E-state index contributed by atoms with van der Waals surface area (Å²) in [6.07, 6.45) is 2.37. The first-order valence-corrected chi connectivity index (χ1v) is 11.1. The van der Waals surface area contributed by atoms with Crippen LogP contribution >= 0.6 is 0 Å². The van der Waals surface area contributed by atoms with E-state index in [1.807, 2.05) is 11.8 Å². The number of pyridine rings is 1. The average molecular weight is 438 g/mol. The zero-order valence-corrected chi connectivity index (χ0v) is 18.5. The van der Waals surface area contributed by atoms with Crippen molar-refractivity contribution in [1.82, 2.24) is 9.47 Å². The lowest BCUT2D eigenvalue weighted by atomic mass is 10.1. The Kier molecular flexibility index (Phi) is 6.28. The number of nitrogens with zero attached hydrogens (tertiary/aromatic N) is 3. The van der Waals surface area contributed by atoms with Crippen LogP contribution in [0.5, 0.6) is 0 Å². The number of aromatic nitrogens is 1. The molecular formula is C25H28FN3O3. The molecule has 2 heterocycles. The highest BCUT2D eigenvalue weighted by atomic mass is 19.1. The maximum absolute atomic E-state index is 15.0. The van der Waals surface area contributed by atoms with Gasteiger partial charge in [-0.25, -0.2) is 9.18 Å². The molecule has 3 aromatic rings. The molecule has 0 radical (unpaired) electrons. The van der Waals surface area contributed by atoms with Crippen LogP contribution in [0.2, 0.25) is 0 Å². The summed E-state index contributed by atoms with van der Waals surface area (Å²) in [4.78, 5) is 28.3. The molecule has 168 valence electrons. The minimum absolute atomic E-state index is 0.0992. The Morgan fingerprint density at radius 3 is 2.28 bits per heavy atom. The molecular weight excluding hydrogens is 409 g/mol. The number of hydrogen-bond donors (Lipinski definition) is 1. The number of anilines is 1. The van der Waals surface area contributed by atoms with E-state index in [0.717, 1.165) is 26.1 Å². The van der Waals surface area contributed by atoms with Crippen LogP contribution in [-0.4, -0.2) is 46.7 Å². The molecule has 4 rings (SSSR count). The van der Waals surface area contributed by atoms with Gasteiger partial charge in [0.2, 0.25) is 5.43 Å². The van der Waals surface area contributed by atoms with Gasteiger partial charge in [-0.15, -0.1) is 0 Å². The summed E-state index contributed by atoms with van der Waals surface area (Å²) < 4.78 is 16.7. The quantitative estimate of drug-likeness (QED) is 0.636. The number of halogens is 1. The number of rotatable bonds is 6. The molecule has 1 fully saturated rings. The van der Waals surface area contributed by atoms with Gasteiger partial charge in [-0.2, -0.15) is 0 Å². The normalized spacial score (nSPS) is 14.8. The lowest BCUT2D eigenvalue weighted by Crippen LogP contribution is -2.46. The van der Waals surface area contributed by atoms with Gasteiger partial charge >= 0.3 is 5.97 Å². The van der Waals surface area contributed by atoms with Crippen molar-refractivity contribution in [3.8, 4) is 0 Å². The molecule has 7 heteroatoms. The SMILES string of the molecule is CCc1ccc(CN2CCN(c3cc4c(cc3F)c(=O)c(C(=O)O)cn4CC)CC2)cc1. The highest BCUT2D eigenvalue weighted by molar-refractivity contribution is 5.93. The van der Waals surface area contributed by atoms with Gasteiger partial charge < -0.3 is 14.6 Å². The summed E-state index contributed by atoms with van der Waals surface area (Å²) in [7, 11) is 0. The topological polar surface area (TPSA) is 65.8 Å². The van der Waals surface area contributed by atoms with E-state index >= 15 is 4.39 Å². The molecule has 0 bridgehead atoms. The summed E-state index contributed by atoms with van der Waals surface area (Å²) in [6.45, 7) is 8.34. The van der Waals surface area contributed by atoms with Crippen molar-refractivity contribution in [2.75, 3.05) is 31.1 Å². The first-order valence-electron chi connectivity index (χ1n) is 11.1. The molecule has 1 saturated heterocycles. The van der Waals surface area contributed by atoms with E-state index in [2.05, 4.69) is 36.1 Å². The van der Waals surface area contributed by atoms with E-state index in [9.17, 15) is 14.7 Å². The molecule has 0 amide bonds. The Balaban J connectivity index is 1.55. The fraction of sp³-hybridized carbons (Fsp3) is 0.360. The second kappa shape index (κ2) is 9.12. The van der Waals surface area contributed by atoms with Crippen molar-refractivity contribution in [3.05, 3.63) is 75.3 Å². The molecule has 1 aliphatic heterocycles. The third kappa shape index (κ3) is 4.25. The molecule has 0 atom stereocenters. The predicted molar refractivity (Wildman–Crippen MR) is 124 cm³/mol. The van der Waals surface area contributed by atoms with Crippen molar-refractivity contribution >= 4 is 22.6 Å². The summed E-state index contributed by atoms with van der Waals surface area (Å²) in [5.41, 5.74) is 2.61. The van der Waals surface area contributed by atoms with Crippen LogP contribution in [0.25, 0.3) is 10.9 Å². The van der Waals surface area contributed by atoms with Crippen molar-refractivity contribution in [2.45, 2.75) is 33.4 Å². The molecule has 1 aromatic heterocycles. The zero-order chi connectivity index (χ0) is 22.8. The molecule has 0 unspecified atom stereocenters. The first-order chi connectivity index (χ1) is 15.4. The van der Waals surface area contributed by atoms with Crippen molar-refractivity contribution in [2.24, 2.45) is 0 Å². The second-order valence-electron chi connectivity index (χ2n) is 8.22. The minimum atomic E-state index is -1.30. The lowest BCUT2D eigenvalue weighted by Gasteiger charge is -2.36. The van der Waals surface area contributed by atoms with Crippen molar-refractivity contribution < 1.29 is 14.3 Å². The lowest BCUT2D eigenvalue weighted by molar-refractivity contribution is 0.0695. The number of aryl methyl sites for hydroxylation is 2. The van der Waals surface area contributed by atoms with E-state index in [1.165, 1.54) is 23.4 Å². The first kappa shape index (κ1) is 22.0. The van der Waals surface area contributed by atoms with Crippen LogP contribution < -0.4 is 10.3 Å². The van der Waals surface area contributed by atoms with Gasteiger partial charge in [0.15, 0.2) is 0 Å². The van der Waals surface area contributed by atoms with Crippen LogP contribution in [0.1, 0.15) is 35.3 Å². The van der Waals surface area contributed by atoms with Crippen molar-refractivity contribution in [3.63, 3.8) is 0 Å². The minimum Gasteiger partial charge on any atom is -0.477 e. The summed E-state index contributed by atoms with van der Waals surface area (Å²) >= 11 is 0. The molecule has 0 spiro atoms. The molecule has 1 aliphatic rings. The number of aromatic carboxylic acids is 1. The average Bonchev–Trinajstić information content (AvgIpc) is 2.80. The summed E-state index contributed by atoms with van der Waals surface area (Å²) in [5, 5.41) is 9.41. The standard InChI is InChI=1S/C25H28FN3O3/c1-3-17-5-7-18(8-6-17)15-27-9-11-29(12-10-27)23-14-22-19(13-21(23)26)24(30)20(25(31)32)16-28(22)4-2/h5-8,13-14,16H,3-4,9-12,15H2,1-2H3,(H,31,32). The summed E-state index contributed by atoms with van der Waals surface area (Å²) in [6, 6.07) is 11.5. The van der Waals surface area contributed by atoms with E-state index in [0.29, 0.717) is 30.8 Å². The van der Waals surface area contributed by atoms with Gasteiger partial charge in [0.25, 0.3) is 0 Å². The second-order valence-corrected chi connectivity index (χ2v) is 8.22. The smallest absolute Gasteiger partial charge is 0.341 e. The Morgan fingerprint density at radius 2 is 1.69 bits per heavy atom. The highest BCUT2D eigenvalue weighted by Gasteiger charge is 2.22. The predicted octanol–water partition coefficient (Wildman–Crippen LogP) is 3.74. The van der Waals surface area contributed by atoms with Crippen LogP contribution in [0.3, 0.4) is 0 Å². The monoisotopic (exact) mass is 437 g/mol. The molecule has 6 nitrogen and oxygen atoms in total. The van der Waals surface area contributed by atoms with E-state index in [1.54, 1.807) is 10.6 Å². The molecule has 0 saturated carbocycles. The van der Waals surface area contributed by atoms with Crippen LogP contribution in [0.15, 0.2) is 47.4 Å². The van der Waals surface area contributed by atoms with Crippen LogP contribution in [0.4, 0.5) is 10.1 Å². The van der Waals surface area contributed by atoms with Gasteiger partial charge in [0.1, 0.15) is 11.4 Å². The third-order valence-corrected chi connectivity index (χ3v) is 6.27. The van der Waals surface area contributed by atoms with Gasteiger partial charge in [-0.05, 0) is 36.6 Å². The van der Waals surface area contributed by atoms with E-state index in [4.69, 9.17) is 0 Å². The number of carboxylic acids is 1. The molecule has 32 heavy (non-hydrogen) atoms. The fourth-order valence-corrected chi connectivity index (χ4v) is 4.34. The highest BCUT2D eigenvalue weighted by Crippen LogP contribution is 2.26. The number of carbonyl (C=O) groups is 1. The Bertz CT molecular complexity index is 1200. The maximum atomic E-state index is 15.0. The molecule has 1 N–H and O–H groups in total. The summed E-state index contributed by atoms with van der Waals surface area (Å²) in [5.74, 6) is -1.80. The largest absolute Gasteiger partial charge is 0.477 e. The van der Waals surface area contributed by atoms with Crippen LogP contribution in [0, 0.1) is 5.82 Å². The molecule has 0 aliphatic carbocycles. The molecule has 2 aromatic carbocycles. The Hall–Kier alpha value is -3.19. The number of fused-ring (bicyclic) bond motifs is 1. The van der Waals surface area contributed by atoms with Crippen molar-refractivity contribution in [1.29, 1.82) is 0 Å². The van der Waals surface area contributed by atoms with Crippen LogP contribution in [-0.2, 0) is 19.5 Å². The Morgan fingerprint density at radius 1 is 1.03 bits per heavy atom. The van der Waals surface area contributed by atoms with E-state index in [-0.39, 0.29) is 10.9 Å². The fourth-order valence-electron chi connectivity index (χ4n) is 4.34.